The Kier molecular flexibility index (Phi) is 6.63. The Morgan fingerprint density at radius 3 is 2.02 bits per heavy atom. The van der Waals surface area contributed by atoms with Crippen LogP contribution in [0.2, 0.25) is 0 Å². The standard InChI is InChI=1S/C53H33NS/c1-2-14-33(15-3-1)35-18-12-19-37(30-35)54-48-26-10-8-22-40(48)47-32-45(53-51(52(47)54)44-24-9-11-27-49(44)55-53)36-28-29-43-46(31-36)39-21-6-7-23-42(39)50(43)41-25-13-17-34-16-4-5-20-38(34)41/h1-32,50H. The van der Waals surface area contributed by atoms with Crippen molar-refractivity contribution in [2.24, 2.45) is 0 Å². The van der Waals surface area contributed by atoms with E-state index < -0.39 is 0 Å². The molecule has 256 valence electrons. The van der Waals surface area contributed by atoms with Gasteiger partial charge in [-0.15, -0.1) is 11.3 Å². The smallest absolute Gasteiger partial charge is 0.0634 e. The van der Waals surface area contributed by atoms with Gasteiger partial charge in [-0.25, -0.2) is 0 Å². The molecule has 55 heavy (non-hydrogen) atoms. The van der Waals surface area contributed by atoms with Crippen molar-refractivity contribution in [3.63, 3.8) is 0 Å². The van der Waals surface area contributed by atoms with Crippen molar-refractivity contribution >= 4 is 64.1 Å². The van der Waals surface area contributed by atoms with Gasteiger partial charge in [0.25, 0.3) is 0 Å². The highest BCUT2D eigenvalue weighted by Crippen LogP contribution is 2.52. The van der Waals surface area contributed by atoms with Gasteiger partial charge in [0.1, 0.15) is 0 Å². The zero-order valence-corrected chi connectivity index (χ0v) is 30.7. The van der Waals surface area contributed by atoms with Gasteiger partial charge in [-0.05, 0) is 91.7 Å². The summed E-state index contributed by atoms with van der Waals surface area (Å²) in [6.07, 6.45) is 0. The first-order valence-electron chi connectivity index (χ1n) is 19.0. The molecule has 0 radical (unpaired) electrons. The molecule has 0 N–H and O–H groups in total. The molecular formula is C53H33NS. The number of hydrogen-bond acceptors (Lipinski definition) is 1. The zero-order valence-electron chi connectivity index (χ0n) is 29.9. The second kappa shape index (κ2) is 11.9. The van der Waals surface area contributed by atoms with E-state index in [1.54, 1.807) is 0 Å². The number of thiophene rings is 1. The summed E-state index contributed by atoms with van der Waals surface area (Å²) in [7, 11) is 0. The molecular weight excluding hydrogens is 683 g/mol. The maximum absolute atomic E-state index is 2.51. The van der Waals surface area contributed by atoms with Gasteiger partial charge in [-0.1, -0.05) is 158 Å². The summed E-state index contributed by atoms with van der Waals surface area (Å²) in [6, 6.07) is 72.0. The molecule has 1 atom stereocenters. The van der Waals surface area contributed by atoms with Crippen molar-refractivity contribution < 1.29 is 0 Å². The predicted octanol–water partition coefficient (Wildman–Crippen LogP) is 14.8. The Balaban J connectivity index is 1.13. The minimum Gasteiger partial charge on any atom is -0.309 e. The summed E-state index contributed by atoms with van der Waals surface area (Å²) in [4.78, 5) is 0. The zero-order chi connectivity index (χ0) is 36.0. The lowest BCUT2D eigenvalue weighted by atomic mass is 9.86. The van der Waals surface area contributed by atoms with E-state index in [9.17, 15) is 0 Å². The second-order valence-corrected chi connectivity index (χ2v) is 15.8. The molecule has 1 aliphatic rings. The Bertz CT molecular complexity index is 3320. The van der Waals surface area contributed by atoms with Crippen LogP contribution in [0.25, 0.3) is 91.8 Å². The topological polar surface area (TPSA) is 4.93 Å². The van der Waals surface area contributed by atoms with Crippen LogP contribution in [0.5, 0.6) is 0 Å². The quantitative estimate of drug-likeness (QED) is 0.171. The largest absolute Gasteiger partial charge is 0.309 e. The number of benzene rings is 9. The van der Waals surface area contributed by atoms with E-state index in [4.69, 9.17) is 0 Å². The normalized spacial score (nSPS) is 13.6. The monoisotopic (exact) mass is 715 g/mol. The van der Waals surface area contributed by atoms with E-state index in [2.05, 4.69) is 199 Å². The van der Waals surface area contributed by atoms with E-state index in [1.807, 2.05) is 11.3 Å². The van der Waals surface area contributed by atoms with Crippen LogP contribution in [0.3, 0.4) is 0 Å². The minimum absolute atomic E-state index is 0.183. The van der Waals surface area contributed by atoms with Crippen LogP contribution >= 0.6 is 11.3 Å². The van der Waals surface area contributed by atoms with Crippen molar-refractivity contribution in [1.29, 1.82) is 0 Å². The molecule has 0 amide bonds. The number of hydrogen-bond donors (Lipinski definition) is 0. The summed E-state index contributed by atoms with van der Waals surface area (Å²) < 4.78 is 5.15. The summed E-state index contributed by atoms with van der Waals surface area (Å²) in [5, 5.41) is 7.78. The first-order valence-corrected chi connectivity index (χ1v) is 19.9. The maximum atomic E-state index is 2.51. The summed E-state index contributed by atoms with van der Waals surface area (Å²) in [5.41, 5.74) is 15.4. The third-order valence-electron chi connectivity index (χ3n) is 11.9. The molecule has 2 heteroatoms. The lowest BCUT2D eigenvalue weighted by Crippen LogP contribution is -2.00. The highest BCUT2D eigenvalue weighted by Gasteiger charge is 2.31. The number of fused-ring (bicyclic) bond motifs is 11. The van der Waals surface area contributed by atoms with E-state index in [1.165, 1.54) is 109 Å². The Morgan fingerprint density at radius 1 is 0.400 bits per heavy atom. The lowest BCUT2D eigenvalue weighted by molar-refractivity contribution is 1.03. The third kappa shape index (κ3) is 4.53. The Hall–Kier alpha value is -6.74. The minimum atomic E-state index is 0.183. The predicted molar refractivity (Wildman–Crippen MR) is 235 cm³/mol. The molecule has 2 aromatic heterocycles. The van der Waals surface area contributed by atoms with Crippen LogP contribution in [0, 0.1) is 0 Å². The van der Waals surface area contributed by atoms with Crippen LogP contribution in [0.15, 0.2) is 194 Å². The first-order chi connectivity index (χ1) is 27.3. The SMILES string of the molecule is c1ccc(-c2cccc(-n3c4ccccc4c4cc(-c5ccc6c(c5)-c5ccccc5C6c5cccc6ccccc56)c5sc6ccccc6c5c43)c2)cc1. The van der Waals surface area contributed by atoms with E-state index >= 15 is 0 Å². The van der Waals surface area contributed by atoms with E-state index in [-0.39, 0.29) is 5.92 Å². The fourth-order valence-electron chi connectivity index (χ4n) is 9.48. The molecule has 0 fully saturated rings. The highest BCUT2D eigenvalue weighted by molar-refractivity contribution is 7.26. The van der Waals surface area contributed by atoms with Crippen molar-refractivity contribution in [1.82, 2.24) is 4.57 Å². The number of rotatable bonds is 4. The molecule has 1 unspecified atom stereocenters. The van der Waals surface area contributed by atoms with E-state index in [0.29, 0.717) is 0 Å². The van der Waals surface area contributed by atoms with Gasteiger partial charge in [0, 0.05) is 48.1 Å². The van der Waals surface area contributed by atoms with Crippen LogP contribution in [0.4, 0.5) is 0 Å². The molecule has 0 spiro atoms. The summed E-state index contributed by atoms with van der Waals surface area (Å²) in [6.45, 7) is 0. The van der Waals surface area contributed by atoms with Crippen molar-refractivity contribution in [3.8, 4) is 39.1 Å². The molecule has 2 heterocycles. The average molecular weight is 716 g/mol. The van der Waals surface area contributed by atoms with Crippen LogP contribution < -0.4 is 0 Å². The Labute approximate surface area is 323 Å². The molecule has 1 aliphatic carbocycles. The van der Waals surface area contributed by atoms with Gasteiger partial charge < -0.3 is 4.57 Å². The van der Waals surface area contributed by atoms with Crippen molar-refractivity contribution in [3.05, 3.63) is 211 Å². The van der Waals surface area contributed by atoms with Gasteiger partial charge in [0.2, 0.25) is 0 Å². The molecule has 9 aromatic carbocycles. The number of nitrogens with zero attached hydrogens (tertiary/aromatic N) is 1. The van der Waals surface area contributed by atoms with Gasteiger partial charge >= 0.3 is 0 Å². The van der Waals surface area contributed by atoms with Gasteiger partial charge in [-0.2, -0.15) is 0 Å². The van der Waals surface area contributed by atoms with Crippen molar-refractivity contribution in [2.45, 2.75) is 5.92 Å². The molecule has 11 aromatic rings. The maximum Gasteiger partial charge on any atom is 0.0634 e. The summed E-state index contributed by atoms with van der Waals surface area (Å²) in [5.74, 6) is 0.183. The van der Waals surface area contributed by atoms with Crippen LogP contribution in [0.1, 0.15) is 22.6 Å². The van der Waals surface area contributed by atoms with Gasteiger partial charge in [-0.3, -0.25) is 0 Å². The fourth-order valence-corrected chi connectivity index (χ4v) is 10.7. The summed E-state index contributed by atoms with van der Waals surface area (Å²) >= 11 is 1.92. The van der Waals surface area contributed by atoms with Crippen molar-refractivity contribution in [2.75, 3.05) is 0 Å². The molecule has 0 saturated heterocycles. The van der Waals surface area contributed by atoms with E-state index in [0.717, 1.165) is 0 Å². The molecule has 0 aliphatic heterocycles. The van der Waals surface area contributed by atoms with Crippen LogP contribution in [-0.4, -0.2) is 4.57 Å². The highest BCUT2D eigenvalue weighted by atomic mass is 32.1. The molecule has 0 bridgehead atoms. The molecule has 12 rings (SSSR count). The lowest BCUT2D eigenvalue weighted by Gasteiger charge is -2.17. The van der Waals surface area contributed by atoms with Gasteiger partial charge in [0.15, 0.2) is 0 Å². The molecule has 0 saturated carbocycles. The second-order valence-electron chi connectivity index (χ2n) is 14.8. The average Bonchev–Trinajstić information content (AvgIpc) is 3.91. The number of aromatic nitrogens is 1. The van der Waals surface area contributed by atoms with Crippen LogP contribution in [-0.2, 0) is 0 Å². The van der Waals surface area contributed by atoms with Gasteiger partial charge in [0.05, 0.1) is 11.0 Å². The third-order valence-corrected chi connectivity index (χ3v) is 13.1. The molecule has 1 nitrogen and oxygen atoms in total. The Morgan fingerprint density at radius 2 is 1.09 bits per heavy atom. The number of para-hydroxylation sites is 1. The fraction of sp³-hybridized carbons (Fsp3) is 0.0189. The first kappa shape index (κ1) is 30.7.